The van der Waals surface area contributed by atoms with Gasteiger partial charge >= 0.3 is 0 Å². The van der Waals surface area contributed by atoms with Gasteiger partial charge in [0, 0.05) is 18.7 Å². The van der Waals surface area contributed by atoms with E-state index < -0.39 is 0 Å². The highest BCUT2D eigenvalue weighted by atomic mass is 16.3. The fourth-order valence-corrected chi connectivity index (χ4v) is 1.81. The van der Waals surface area contributed by atoms with Crippen LogP contribution in [0.3, 0.4) is 0 Å². The van der Waals surface area contributed by atoms with E-state index in [-0.39, 0.29) is 12.6 Å². The number of rotatable bonds is 6. The summed E-state index contributed by atoms with van der Waals surface area (Å²) < 4.78 is 0. The van der Waals surface area contributed by atoms with Crippen LogP contribution in [0.15, 0.2) is 24.3 Å². The van der Waals surface area contributed by atoms with E-state index in [1.54, 1.807) is 12.1 Å². The molecule has 0 aromatic heterocycles. The van der Waals surface area contributed by atoms with Crippen LogP contribution in [0, 0.1) is 0 Å². The second-order valence-electron chi connectivity index (χ2n) is 4.10. The first-order valence-corrected chi connectivity index (χ1v) is 5.83. The maximum Gasteiger partial charge on any atom is 0.115 e. The molecule has 90 valence electrons. The Morgan fingerprint density at radius 2 is 2.12 bits per heavy atom. The molecule has 1 aromatic rings. The van der Waals surface area contributed by atoms with E-state index in [2.05, 4.69) is 19.2 Å². The van der Waals surface area contributed by atoms with Crippen LogP contribution in [0.5, 0.6) is 5.75 Å². The predicted molar refractivity (Wildman–Crippen MR) is 65.4 cm³/mol. The summed E-state index contributed by atoms with van der Waals surface area (Å²) in [7, 11) is 0. The van der Waals surface area contributed by atoms with Crippen molar-refractivity contribution in [3.05, 3.63) is 29.8 Å². The van der Waals surface area contributed by atoms with Gasteiger partial charge in [-0.05, 0) is 37.5 Å². The molecule has 0 aliphatic heterocycles. The summed E-state index contributed by atoms with van der Waals surface area (Å²) in [5.41, 5.74) is 1.07. The molecule has 2 atom stereocenters. The number of aliphatic hydroxyl groups is 1. The van der Waals surface area contributed by atoms with Crippen LogP contribution in [0.1, 0.15) is 38.3 Å². The van der Waals surface area contributed by atoms with Crippen LogP contribution in [0.25, 0.3) is 0 Å². The van der Waals surface area contributed by atoms with Gasteiger partial charge < -0.3 is 15.5 Å². The van der Waals surface area contributed by atoms with E-state index >= 15 is 0 Å². The number of nitrogens with one attached hydrogen (secondary N) is 1. The van der Waals surface area contributed by atoms with E-state index in [0.29, 0.717) is 11.8 Å². The summed E-state index contributed by atoms with van der Waals surface area (Å²) in [6, 6.07) is 7.77. The summed E-state index contributed by atoms with van der Waals surface area (Å²) in [4.78, 5) is 0. The molecule has 16 heavy (non-hydrogen) atoms. The summed E-state index contributed by atoms with van der Waals surface area (Å²) in [5, 5.41) is 21.7. The Labute approximate surface area is 97.1 Å². The molecular formula is C13H21NO2. The van der Waals surface area contributed by atoms with Crippen LogP contribution in [-0.4, -0.2) is 22.9 Å². The highest BCUT2D eigenvalue weighted by Crippen LogP contribution is 2.18. The molecule has 3 N–H and O–H groups in total. The Kier molecular flexibility index (Phi) is 5.29. The lowest BCUT2D eigenvalue weighted by atomic mass is 10.1. The van der Waals surface area contributed by atoms with Gasteiger partial charge in [-0.2, -0.15) is 0 Å². The lowest BCUT2D eigenvalue weighted by Gasteiger charge is -2.22. The van der Waals surface area contributed by atoms with Crippen molar-refractivity contribution in [2.24, 2.45) is 0 Å². The van der Waals surface area contributed by atoms with Crippen molar-refractivity contribution in [3.63, 3.8) is 0 Å². The van der Waals surface area contributed by atoms with Gasteiger partial charge in [0.15, 0.2) is 0 Å². The average Bonchev–Trinajstić information content (AvgIpc) is 2.28. The van der Waals surface area contributed by atoms with Crippen LogP contribution < -0.4 is 5.32 Å². The third-order valence-corrected chi connectivity index (χ3v) is 2.83. The maximum absolute atomic E-state index is 9.39. The zero-order valence-corrected chi connectivity index (χ0v) is 9.98. The van der Waals surface area contributed by atoms with Crippen molar-refractivity contribution in [2.75, 3.05) is 6.61 Å². The van der Waals surface area contributed by atoms with E-state index in [9.17, 15) is 5.11 Å². The highest BCUT2D eigenvalue weighted by molar-refractivity contribution is 5.29. The zero-order valence-electron chi connectivity index (χ0n) is 9.98. The molecule has 3 heteroatoms. The van der Waals surface area contributed by atoms with Crippen molar-refractivity contribution in [1.29, 1.82) is 0 Å². The number of hydrogen-bond donors (Lipinski definition) is 3. The highest BCUT2D eigenvalue weighted by Gasteiger charge is 2.11. The normalized spacial score (nSPS) is 14.7. The Morgan fingerprint density at radius 1 is 1.38 bits per heavy atom. The van der Waals surface area contributed by atoms with E-state index in [1.807, 2.05) is 12.1 Å². The molecule has 1 rings (SSSR count). The van der Waals surface area contributed by atoms with Gasteiger partial charge in [-0.25, -0.2) is 0 Å². The lowest BCUT2D eigenvalue weighted by molar-refractivity contribution is 0.257. The predicted octanol–water partition coefficient (Wildman–Crippen LogP) is 2.20. The van der Waals surface area contributed by atoms with E-state index in [0.717, 1.165) is 18.4 Å². The van der Waals surface area contributed by atoms with Crippen molar-refractivity contribution in [3.8, 4) is 5.75 Å². The van der Waals surface area contributed by atoms with Crippen molar-refractivity contribution in [1.82, 2.24) is 5.32 Å². The summed E-state index contributed by atoms with van der Waals surface area (Å²) in [6.07, 6.45) is 1.75. The fraction of sp³-hybridized carbons (Fsp3) is 0.538. The SMILES string of the molecule is CCC(CCO)NC(C)c1cccc(O)c1. The third-order valence-electron chi connectivity index (χ3n) is 2.83. The Bertz CT molecular complexity index is 315. The summed E-state index contributed by atoms with van der Waals surface area (Å²) >= 11 is 0. The Balaban J connectivity index is 2.60. The minimum absolute atomic E-state index is 0.184. The molecule has 3 nitrogen and oxygen atoms in total. The molecule has 0 saturated heterocycles. The minimum atomic E-state index is 0.184. The van der Waals surface area contributed by atoms with E-state index in [1.165, 1.54) is 0 Å². The first-order chi connectivity index (χ1) is 7.67. The Morgan fingerprint density at radius 3 is 2.69 bits per heavy atom. The molecule has 0 heterocycles. The van der Waals surface area contributed by atoms with Crippen LogP contribution >= 0.6 is 0 Å². The van der Waals surface area contributed by atoms with Crippen molar-refractivity contribution >= 4 is 0 Å². The molecule has 2 unspecified atom stereocenters. The van der Waals surface area contributed by atoms with Gasteiger partial charge in [0.25, 0.3) is 0 Å². The maximum atomic E-state index is 9.39. The molecule has 0 spiro atoms. The quantitative estimate of drug-likeness (QED) is 0.693. The topological polar surface area (TPSA) is 52.5 Å². The second-order valence-corrected chi connectivity index (χ2v) is 4.10. The lowest BCUT2D eigenvalue weighted by Crippen LogP contribution is -2.31. The van der Waals surface area contributed by atoms with Crippen LogP contribution in [-0.2, 0) is 0 Å². The Hall–Kier alpha value is -1.06. The molecular weight excluding hydrogens is 202 g/mol. The standard InChI is InChI=1S/C13H21NO2/c1-3-12(7-8-15)14-10(2)11-5-4-6-13(16)9-11/h4-6,9-10,12,14-16H,3,7-8H2,1-2H3. The first-order valence-electron chi connectivity index (χ1n) is 5.83. The van der Waals surface area contributed by atoms with Gasteiger partial charge in [-0.1, -0.05) is 19.1 Å². The molecule has 0 saturated carbocycles. The largest absolute Gasteiger partial charge is 0.508 e. The number of phenolic OH excluding ortho intramolecular Hbond substituents is 1. The van der Waals surface area contributed by atoms with Gasteiger partial charge in [0.05, 0.1) is 0 Å². The smallest absolute Gasteiger partial charge is 0.115 e. The second kappa shape index (κ2) is 6.51. The molecule has 0 radical (unpaired) electrons. The molecule has 0 aliphatic carbocycles. The zero-order chi connectivity index (χ0) is 12.0. The number of hydrogen-bond acceptors (Lipinski definition) is 3. The van der Waals surface area contributed by atoms with Crippen LogP contribution in [0.4, 0.5) is 0 Å². The molecule has 0 aliphatic rings. The molecule has 0 fully saturated rings. The number of aliphatic hydroxyl groups excluding tert-OH is 1. The summed E-state index contributed by atoms with van der Waals surface area (Å²) in [5.74, 6) is 0.293. The van der Waals surface area contributed by atoms with Gasteiger partial charge in [-0.3, -0.25) is 0 Å². The fourth-order valence-electron chi connectivity index (χ4n) is 1.81. The number of aromatic hydroxyl groups is 1. The third kappa shape index (κ3) is 3.83. The van der Waals surface area contributed by atoms with Gasteiger partial charge in [0.1, 0.15) is 5.75 Å². The summed E-state index contributed by atoms with van der Waals surface area (Å²) in [6.45, 7) is 4.37. The monoisotopic (exact) mass is 223 g/mol. The van der Waals surface area contributed by atoms with Crippen LogP contribution in [0.2, 0.25) is 0 Å². The van der Waals surface area contributed by atoms with Crippen molar-refractivity contribution < 1.29 is 10.2 Å². The molecule has 0 amide bonds. The number of phenols is 1. The van der Waals surface area contributed by atoms with Crippen molar-refractivity contribution in [2.45, 2.75) is 38.8 Å². The van der Waals surface area contributed by atoms with Gasteiger partial charge in [0.2, 0.25) is 0 Å². The molecule has 0 bridgehead atoms. The number of benzene rings is 1. The van der Waals surface area contributed by atoms with E-state index in [4.69, 9.17) is 5.11 Å². The average molecular weight is 223 g/mol. The van der Waals surface area contributed by atoms with Gasteiger partial charge in [-0.15, -0.1) is 0 Å². The first kappa shape index (κ1) is 13.0. The minimum Gasteiger partial charge on any atom is -0.508 e. The molecule has 1 aromatic carbocycles.